The molecule has 0 atom stereocenters. The molecule has 4 amide bonds. The van der Waals surface area contributed by atoms with Crippen molar-refractivity contribution in [1.29, 1.82) is 0 Å². The Kier molecular flexibility index (Phi) is 6.00. The second-order valence-electron chi connectivity index (χ2n) is 5.60. The van der Waals surface area contributed by atoms with E-state index in [9.17, 15) is 9.59 Å². The van der Waals surface area contributed by atoms with Crippen LogP contribution in [0.25, 0.3) is 0 Å². The average molecular weight is 424 g/mol. The minimum atomic E-state index is -0.489. The number of amides is 4. The van der Waals surface area contributed by atoms with Gasteiger partial charge in [-0.05, 0) is 48.6 Å². The molecule has 140 valence electrons. The number of anilines is 2. The smallest absolute Gasteiger partial charge is 0.307 e. The standard InChI is InChI=1S/C17H15Cl2N5O2S/c18-11-3-1-5-13(9-11)20-15(25)22-24-8-7-23(17(24)27)16(26)21-14-6-2-4-12(19)10-14/h1-6,9-10H,7-8H2,(H,21,26)(H2,20,22,25). The Balaban J connectivity index is 1.56. The molecule has 3 rings (SSSR count). The predicted molar refractivity (Wildman–Crippen MR) is 110 cm³/mol. The fourth-order valence-corrected chi connectivity index (χ4v) is 3.13. The molecule has 2 aromatic rings. The number of carbonyl (C=O) groups is 2. The first-order chi connectivity index (χ1) is 12.9. The first-order valence-electron chi connectivity index (χ1n) is 7.91. The molecule has 10 heteroatoms. The SMILES string of the molecule is O=C(Nc1cccc(Cl)c1)NN1CCN(C(=O)Nc2cccc(Cl)c2)C1=S. The van der Waals surface area contributed by atoms with Crippen molar-refractivity contribution >= 4 is 64.0 Å². The molecule has 27 heavy (non-hydrogen) atoms. The Bertz CT molecular complexity index is 895. The number of hydrogen-bond acceptors (Lipinski definition) is 3. The van der Waals surface area contributed by atoms with Crippen LogP contribution in [-0.4, -0.2) is 40.2 Å². The normalized spacial score (nSPS) is 13.5. The van der Waals surface area contributed by atoms with Crippen LogP contribution in [0, 0.1) is 0 Å². The van der Waals surface area contributed by atoms with Crippen molar-refractivity contribution in [3.05, 3.63) is 58.6 Å². The Morgan fingerprint density at radius 1 is 0.926 bits per heavy atom. The summed E-state index contributed by atoms with van der Waals surface area (Å²) in [5.74, 6) is 0. The minimum Gasteiger partial charge on any atom is -0.307 e. The van der Waals surface area contributed by atoms with Gasteiger partial charge in [0.25, 0.3) is 0 Å². The molecule has 0 bridgehead atoms. The number of hydrazine groups is 1. The summed E-state index contributed by atoms with van der Waals surface area (Å²) in [6.07, 6.45) is 0. The van der Waals surface area contributed by atoms with E-state index in [1.807, 2.05) is 0 Å². The van der Waals surface area contributed by atoms with Crippen LogP contribution in [0.2, 0.25) is 10.0 Å². The first-order valence-corrected chi connectivity index (χ1v) is 9.07. The number of hydrogen-bond donors (Lipinski definition) is 3. The van der Waals surface area contributed by atoms with E-state index in [0.29, 0.717) is 34.5 Å². The van der Waals surface area contributed by atoms with E-state index in [2.05, 4.69) is 16.1 Å². The monoisotopic (exact) mass is 423 g/mol. The van der Waals surface area contributed by atoms with Crippen LogP contribution in [0.4, 0.5) is 21.0 Å². The molecule has 0 unspecified atom stereocenters. The summed E-state index contributed by atoms with van der Waals surface area (Å²) in [7, 11) is 0. The van der Waals surface area contributed by atoms with Crippen molar-refractivity contribution in [3.63, 3.8) is 0 Å². The fraction of sp³-hybridized carbons (Fsp3) is 0.118. The van der Waals surface area contributed by atoms with Crippen molar-refractivity contribution in [1.82, 2.24) is 15.3 Å². The third-order valence-corrected chi connectivity index (χ3v) is 4.56. The summed E-state index contributed by atoms with van der Waals surface area (Å²) < 4.78 is 0. The van der Waals surface area contributed by atoms with Crippen LogP contribution in [0.15, 0.2) is 48.5 Å². The molecule has 1 aliphatic rings. The van der Waals surface area contributed by atoms with Gasteiger partial charge >= 0.3 is 12.1 Å². The highest BCUT2D eigenvalue weighted by Crippen LogP contribution is 2.17. The molecule has 0 aromatic heterocycles. The van der Waals surface area contributed by atoms with Crippen molar-refractivity contribution in [2.24, 2.45) is 0 Å². The molecule has 0 radical (unpaired) electrons. The fourth-order valence-electron chi connectivity index (χ4n) is 2.43. The summed E-state index contributed by atoms with van der Waals surface area (Å²) in [6, 6.07) is 12.7. The van der Waals surface area contributed by atoms with Gasteiger partial charge < -0.3 is 10.6 Å². The molecule has 2 aromatic carbocycles. The lowest BCUT2D eigenvalue weighted by Gasteiger charge is -2.21. The Labute approximate surface area is 171 Å². The van der Waals surface area contributed by atoms with Crippen molar-refractivity contribution in [2.75, 3.05) is 23.7 Å². The number of urea groups is 2. The second kappa shape index (κ2) is 8.43. The maximum Gasteiger partial charge on any atom is 0.338 e. The van der Waals surface area contributed by atoms with Gasteiger partial charge in [-0.1, -0.05) is 35.3 Å². The van der Waals surface area contributed by atoms with Crippen molar-refractivity contribution in [3.8, 4) is 0 Å². The summed E-state index contributed by atoms with van der Waals surface area (Å²) in [6.45, 7) is 0.702. The highest BCUT2D eigenvalue weighted by molar-refractivity contribution is 7.80. The number of thiocarbonyl (C=S) groups is 1. The maximum atomic E-state index is 12.4. The van der Waals surface area contributed by atoms with Crippen LogP contribution in [0.5, 0.6) is 0 Å². The Hall–Kier alpha value is -2.55. The van der Waals surface area contributed by atoms with Gasteiger partial charge in [-0.2, -0.15) is 0 Å². The summed E-state index contributed by atoms with van der Waals surface area (Å²) in [4.78, 5) is 25.9. The van der Waals surface area contributed by atoms with Crippen LogP contribution in [0.3, 0.4) is 0 Å². The molecule has 1 heterocycles. The van der Waals surface area contributed by atoms with E-state index in [1.165, 1.54) is 9.91 Å². The van der Waals surface area contributed by atoms with Crippen LogP contribution < -0.4 is 16.1 Å². The molecular weight excluding hydrogens is 409 g/mol. The summed E-state index contributed by atoms with van der Waals surface area (Å²) >= 11 is 17.1. The third kappa shape index (κ3) is 5.00. The summed E-state index contributed by atoms with van der Waals surface area (Å²) in [5.41, 5.74) is 3.71. The van der Waals surface area contributed by atoms with E-state index < -0.39 is 12.1 Å². The molecule has 3 N–H and O–H groups in total. The highest BCUT2D eigenvalue weighted by atomic mass is 35.5. The molecule has 1 saturated heterocycles. The van der Waals surface area contributed by atoms with E-state index in [0.717, 1.165) is 0 Å². The zero-order chi connectivity index (χ0) is 19.4. The number of benzene rings is 2. The number of rotatable bonds is 3. The number of carbonyl (C=O) groups excluding carboxylic acids is 2. The van der Waals surface area contributed by atoms with Gasteiger partial charge in [0.2, 0.25) is 0 Å². The van der Waals surface area contributed by atoms with Gasteiger partial charge in [-0.15, -0.1) is 0 Å². The van der Waals surface area contributed by atoms with Gasteiger partial charge in [-0.3, -0.25) is 9.91 Å². The van der Waals surface area contributed by atoms with Crippen molar-refractivity contribution < 1.29 is 9.59 Å². The Morgan fingerprint density at radius 3 is 2.11 bits per heavy atom. The lowest BCUT2D eigenvalue weighted by Crippen LogP contribution is -2.47. The van der Waals surface area contributed by atoms with Gasteiger partial charge in [0.05, 0.1) is 6.54 Å². The number of nitrogens with one attached hydrogen (secondary N) is 3. The van der Waals surface area contributed by atoms with Gasteiger partial charge in [-0.25, -0.2) is 15.0 Å². The number of halogens is 2. The molecular formula is C17H15Cl2N5O2S. The van der Waals surface area contributed by atoms with E-state index in [-0.39, 0.29) is 5.11 Å². The summed E-state index contributed by atoms with van der Waals surface area (Å²) in [5, 5.41) is 8.00. The zero-order valence-corrected chi connectivity index (χ0v) is 16.2. The quantitative estimate of drug-likeness (QED) is 0.647. The topological polar surface area (TPSA) is 76.7 Å². The molecule has 7 nitrogen and oxygen atoms in total. The van der Waals surface area contributed by atoms with Crippen LogP contribution in [-0.2, 0) is 0 Å². The predicted octanol–water partition coefficient (Wildman–Crippen LogP) is 4.16. The molecule has 0 aliphatic carbocycles. The van der Waals surface area contributed by atoms with Crippen LogP contribution >= 0.6 is 35.4 Å². The second-order valence-corrected chi connectivity index (χ2v) is 6.84. The number of nitrogens with zero attached hydrogens (tertiary/aromatic N) is 2. The first kappa shape index (κ1) is 19.2. The molecule has 1 aliphatic heterocycles. The molecule has 0 spiro atoms. The minimum absolute atomic E-state index is 0.191. The lowest BCUT2D eigenvalue weighted by molar-refractivity contribution is 0.232. The van der Waals surface area contributed by atoms with Gasteiger partial charge in [0.1, 0.15) is 0 Å². The van der Waals surface area contributed by atoms with Crippen LogP contribution in [0.1, 0.15) is 0 Å². The van der Waals surface area contributed by atoms with E-state index >= 15 is 0 Å². The van der Waals surface area contributed by atoms with Crippen molar-refractivity contribution in [2.45, 2.75) is 0 Å². The average Bonchev–Trinajstić information content (AvgIpc) is 2.95. The van der Waals surface area contributed by atoms with E-state index in [1.54, 1.807) is 48.5 Å². The van der Waals surface area contributed by atoms with E-state index in [4.69, 9.17) is 35.4 Å². The largest absolute Gasteiger partial charge is 0.338 e. The molecule has 1 fully saturated rings. The lowest BCUT2D eigenvalue weighted by atomic mass is 10.3. The highest BCUT2D eigenvalue weighted by Gasteiger charge is 2.31. The van der Waals surface area contributed by atoms with Gasteiger partial charge in [0.15, 0.2) is 5.11 Å². The Morgan fingerprint density at radius 2 is 1.52 bits per heavy atom. The van der Waals surface area contributed by atoms with Gasteiger partial charge in [0, 0.05) is 28.0 Å². The zero-order valence-electron chi connectivity index (χ0n) is 13.9. The third-order valence-electron chi connectivity index (χ3n) is 3.65. The maximum absolute atomic E-state index is 12.4. The molecule has 0 saturated carbocycles.